The number of carbonyl (C=O) groups excluding carboxylic acids is 2. The Morgan fingerprint density at radius 1 is 1.16 bits per heavy atom. The molecule has 0 atom stereocenters. The van der Waals surface area contributed by atoms with E-state index in [9.17, 15) is 22.8 Å². The minimum atomic E-state index is -4.62. The summed E-state index contributed by atoms with van der Waals surface area (Å²) in [4.78, 5) is 37.1. The number of aryl methyl sites for hydroxylation is 2. The number of nitrogens with zero attached hydrogens (tertiary/aromatic N) is 4. The molecule has 1 aliphatic carbocycles. The molecule has 2 heterocycles. The quantitative estimate of drug-likeness (QED) is 0.469. The molecule has 12 heteroatoms. The first-order chi connectivity index (χ1) is 17.5. The normalized spacial score (nSPS) is 13.6. The van der Waals surface area contributed by atoms with Crippen LogP contribution in [-0.2, 0) is 15.7 Å². The van der Waals surface area contributed by atoms with Crippen LogP contribution in [0.1, 0.15) is 36.1 Å². The Morgan fingerprint density at radius 3 is 2.59 bits per heavy atom. The van der Waals surface area contributed by atoms with Crippen LogP contribution in [0.5, 0.6) is 0 Å². The lowest BCUT2D eigenvalue weighted by atomic mass is 10.0. The maximum absolute atomic E-state index is 13.5. The van der Waals surface area contributed by atoms with Gasteiger partial charge in [-0.25, -0.2) is 19.7 Å². The number of amides is 2. The van der Waals surface area contributed by atoms with E-state index in [1.165, 1.54) is 29.2 Å². The molecule has 0 bridgehead atoms. The van der Waals surface area contributed by atoms with Crippen molar-refractivity contribution in [3.63, 3.8) is 0 Å². The van der Waals surface area contributed by atoms with Gasteiger partial charge in [-0.2, -0.15) is 13.2 Å². The summed E-state index contributed by atoms with van der Waals surface area (Å²) in [5.74, 6) is 0.582. The third-order valence-corrected chi connectivity index (χ3v) is 5.35. The van der Waals surface area contributed by atoms with Crippen LogP contribution in [0.2, 0.25) is 0 Å². The first-order valence-electron chi connectivity index (χ1n) is 11.3. The molecule has 0 unspecified atom stereocenters. The lowest BCUT2D eigenvalue weighted by Crippen LogP contribution is -2.21. The van der Waals surface area contributed by atoms with E-state index in [1.54, 1.807) is 33.0 Å². The summed E-state index contributed by atoms with van der Waals surface area (Å²) in [5, 5.41) is 5.00. The van der Waals surface area contributed by atoms with Gasteiger partial charge >= 0.3 is 12.2 Å². The van der Waals surface area contributed by atoms with Gasteiger partial charge < -0.3 is 19.9 Å². The van der Waals surface area contributed by atoms with Crippen molar-refractivity contribution >= 4 is 28.8 Å². The van der Waals surface area contributed by atoms with Crippen molar-refractivity contribution in [2.24, 2.45) is 0 Å². The Hall–Kier alpha value is -4.48. The van der Waals surface area contributed by atoms with Crippen LogP contribution < -0.4 is 10.6 Å². The van der Waals surface area contributed by atoms with Crippen molar-refractivity contribution in [2.75, 3.05) is 17.2 Å². The van der Waals surface area contributed by atoms with Crippen LogP contribution >= 0.6 is 0 Å². The molecule has 0 aliphatic heterocycles. The van der Waals surface area contributed by atoms with Crippen LogP contribution in [0.4, 0.5) is 29.3 Å². The number of urea groups is 1. The van der Waals surface area contributed by atoms with Gasteiger partial charge in [0.15, 0.2) is 11.6 Å². The molecule has 3 aromatic rings. The average Bonchev–Trinajstić information content (AvgIpc) is 3.26. The lowest BCUT2D eigenvalue weighted by molar-refractivity contribution is -0.137. The summed E-state index contributed by atoms with van der Waals surface area (Å²) in [6.07, 6.45) is 2.98. The summed E-state index contributed by atoms with van der Waals surface area (Å²) >= 11 is 0. The minimum absolute atomic E-state index is 0.0626. The molecule has 9 nitrogen and oxygen atoms in total. The Balaban J connectivity index is 1.54. The fourth-order valence-corrected chi connectivity index (χ4v) is 3.63. The molecule has 192 valence electrons. The molecule has 1 aliphatic rings. The number of anilines is 2. The average molecular weight is 512 g/mol. The predicted molar refractivity (Wildman–Crippen MR) is 130 cm³/mol. The fraction of sp³-hybridized carbons (Fsp3) is 0.240. The van der Waals surface area contributed by atoms with Gasteiger partial charge in [0.25, 0.3) is 0 Å². The summed E-state index contributed by atoms with van der Waals surface area (Å²) in [5.41, 5.74) is 1.06. The number of carbonyl (C=O) groups is 2. The number of allylic oxidation sites excluding steroid dienone is 3. The molecule has 0 fully saturated rings. The van der Waals surface area contributed by atoms with Crippen LogP contribution in [-0.4, -0.2) is 37.9 Å². The number of rotatable bonds is 6. The molecule has 2 amide bonds. The van der Waals surface area contributed by atoms with Crippen molar-refractivity contribution in [1.82, 2.24) is 19.5 Å². The van der Waals surface area contributed by atoms with E-state index in [1.807, 2.05) is 0 Å². The van der Waals surface area contributed by atoms with E-state index >= 15 is 0 Å². The number of ketones is 1. The van der Waals surface area contributed by atoms with Crippen LogP contribution in [0, 0.1) is 13.8 Å². The second-order valence-electron chi connectivity index (χ2n) is 8.19. The van der Waals surface area contributed by atoms with Gasteiger partial charge in [0.1, 0.15) is 5.76 Å². The number of aromatic nitrogens is 4. The molecule has 2 aromatic heterocycles. The van der Waals surface area contributed by atoms with E-state index < -0.39 is 17.8 Å². The molecule has 2 N–H and O–H groups in total. The highest BCUT2D eigenvalue weighted by molar-refractivity contribution is 6.01. The zero-order valence-corrected chi connectivity index (χ0v) is 20.2. The Kier molecular flexibility index (Phi) is 7.09. The van der Waals surface area contributed by atoms with Crippen molar-refractivity contribution in [3.05, 3.63) is 77.6 Å². The number of benzene rings is 1. The smallest absolute Gasteiger partial charge is 0.416 e. The second-order valence-corrected chi connectivity index (χ2v) is 8.19. The molecule has 0 saturated carbocycles. The maximum atomic E-state index is 13.5. The molecule has 0 saturated heterocycles. The highest BCUT2D eigenvalue weighted by Crippen LogP contribution is 2.33. The van der Waals surface area contributed by atoms with Gasteiger partial charge in [-0.1, -0.05) is 6.08 Å². The highest BCUT2D eigenvalue weighted by Gasteiger charge is 2.31. The van der Waals surface area contributed by atoms with Crippen molar-refractivity contribution in [1.29, 1.82) is 0 Å². The number of ether oxygens (including phenoxy) is 1. The van der Waals surface area contributed by atoms with Gasteiger partial charge in [-0.05, 0) is 39.0 Å². The van der Waals surface area contributed by atoms with Gasteiger partial charge in [-0.15, -0.1) is 0 Å². The van der Waals surface area contributed by atoms with Crippen LogP contribution in [0.3, 0.4) is 0 Å². The highest BCUT2D eigenvalue weighted by atomic mass is 19.4. The van der Waals surface area contributed by atoms with Crippen LogP contribution in [0.25, 0.3) is 11.3 Å². The molecular weight excluding hydrogens is 489 g/mol. The zero-order valence-electron chi connectivity index (χ0n) is 20.2. The monoisotopic (exact) mass is 512 g/mol. The number of hydrogen-bond donors (Lipinski definition) is 2. The van der Waals surface area contributed by atoms with Gasteiger partial charge in [0, 0.05) is 30.1 Å². The molecule has 0 radical (unpaired) electrons. The largest absolute Gasteiger partial charge is 0.493 e. The topological polar surface area (TPSA) is 111 Å². The number of alkyl halides is 3. The zero-order chi connectivity index (χ0) is 26.7. The Morgan fingerprint density at radius 2 is 1.95 bits per heavy atom. The van der Waals surface area contributed by atoms with E-state index in [-0.39, 0.29) is 29.3 Å². The third kappa shape index (κ3) is 6.02. The first-order valence-corrected chi connectivity index (χ1v) is 11.3. The van der Waals surface area contributed by atoms with Crippen molar-refractivity contribution in [3.8, 4) is 5.69 Å². The van der Waals surface area contributed by atoms with Gasteiger partial charge in [0.2, 0.25) is 0 Å². The minimum Gasteiger partial charge on any atom is -0.493 e. The van der Waals surface area contributed by atoms with Crippen molar-refractivity contribution in [2.45, 2.75) is 33.4 Å². The van der Waals surface area contributed by atoms with Crippen LogP contribution in [0.15, 0.2) is 54.8 Å². The maximum Gasteiger partial charge on any atom is 0.416 e. The molecular formula is C25H23F3N6O3. The standard InChI is InChI=1S/C25H23F3N6O3/c1-4-37-22-10-19(35)5-6-20(22)23-29-11-21(15(3)31-23)33-24(36)32-17-7-16(25(26,27)28)8-18(9-17)34-12-14(2)30-13-34/h6-13H,4-5H2,1-3H3,(H2,32,33,36). The molecule has 37 heavy (non-hydrogen) atoms. The number of hydrogen-bond acceptors (Lipinski definition) is 6. The lowest BCUT2D eigenvalue weighted by Gasteiger charge is -2.16. The van der Waals surface area contributed by atoms with Gasteiger partial charge in [0.05, 0.1) is 47.3 Å². The predicted octanol–water partition coefficient (Wildman–Crippen LogP) is 5.22. The third-order valence-electron chi connectivity index (χ3n) is 5.35. The van der Waals surface area contributed by atoms with E-state index in [4.69, 9.17) is 4.74 Å². The van der Waals surface area contributed by atoms with Crippen molar-refractivity contribution < 1.29 is 27.5 Å². The molecule has 0 spiro atoms. The van der Waals surface area contributed by atoms with Gasteiger partial charge in [-0.3, -0.25) is 4.79 Å². The summed E-state index contributed by atoms with van der Waals surface area (Å²) in [6.45, 7) is 5.50. The van der Waals surface area contributed by atoms with E-state index in [0.717, 1.165) is 12.1 Å². The second kappa shape index (κ2) is 10.2. The number of halogens is 3. The van der Waals surface area contributed by atoms with E-state index in [0.29, 0.717) is 35.2 Å². The molecule has 4 rings (SSSR count). The number of nitrogens with one attached hydrogen (secondary N) is 2. The SMILES string of the molecule is CCOC1=CC(=O)CC=C1c1ncc(NC(=O)Nc2cc(-n3cnc(C)c3)cc(C(F)(F)F)c2)c(C)n1. The fourth-order valence-electron chi connectivity index (χ4n) is 3.63. The van der Waals surface area contributed by atoms with E-state index in [2.05, 4.69) is 25.6 Å². The summed E-state index contributed by atoms with van der Waals surface area (Å²) in [6, 6.07) is 2.45. The summed E-state index contributed by atoms with van der Waals surface area (Å²) < 4.78 is 47.4. The summed E-state index contributed by atoms with van der Waals surface area (Å²) in [7, 11) is 0. The Labute approximate surface area is 210 Å². The Bertz CT molecular complexity index is 1430. The first kappa shape index (κ1) is 25.6. The number of imidazole rings is 1. The molecule has 1 aromatic carbocycles.